The van der Waals surface area contributed by atoms with Crippen molar-refractivity contribution in [2.75, 3.05) is 32.8 Å². The Kier molecular flexibility index (Phi) is 6.41. The molecule has 3 amide bonds. The van der Waals surface area contributed by atoms with Crippen LogP contribution >= 0.6 is 11.8 Å². The molecule has 8 heteroatoms. The van der Waals surface area contributed by atoms with Gasteiger partial charge in [-0.05, 0) is 60.2 Å². The first-order chi connectivity index (χ1) is 15.5. The maximum atomic E-state index is 13.6. The Morgan fingerprint density at radius 1 is 1.03 bits per heavy atom. The van der Waals surface area contributed by atoms with Crippen molar-refractivity contribution in [1.82, 2.24) is 9.80 Å². The first kappa shape index (κ1) is 22.2. The lowest BCUT2D eigenvalue weighted by Crippen LogP contribution is -2.52. The van der Waals surface area contributed by atoms with E-state index in [1.807, 2.05) is 18.4 Å². The van der Waals surface area contributed by atoms with E-state index in [-0.39, 0.29) is 5.91 Å². The zero-order chi connectivity index (χ0) is 22.8. The topological polar surface area (TPSA) is 76.2 Å². The molecule has 7 nitrogen and oxygen atoms in total. The molecule has 2 heterocycles. The van der Waals surface area contributed by atoms with E-state index in [2.05, 4.69) is 0 Å². The molecule has 168 valence electrons. The predicted molar refractivity (Wildman–Crippen MR) is 122 cm³/mol. The Bertz CT molecular complexity index is 1040. The summed E-state index contributed by atoms with van der Waals surface area (Å²) in [6.07, 6.45) is 3.03. The molecular formula is C24H26N2O5S. The lowest BCUT2D eigenvalue weighted by atomic mass is 9.97. The van der Waals surface area contributed by atoms with E-state index >= 15 is 0 Å². The van der Waals surface area contributed by atoms with Crippen LogP contribution in [0.3, 0.4) is 0 Å². The summed E-state index contributed by atoms with van der Waals surface area (Å²) in [4.78, 5) is 42.6. The third-order valence-electron chi connectivity index (χ3n) is 6.05. The molecule has 2 aliphatic rings. The van der Waals surface area contributed by atoms with Crippen molar-refractivity contribution < 1.29 is 23.9 Å². The second-order valence-electron chi connectivity index (χ2n) is 7.81. The smallest absolute Gasteiger partial charge is 0.262 e. The first-order valence-electron chi connectivity index (χ1n) is 10.5. The lowest BCUT2D eigenvalue weighted by Gasteiger charge is -2.34. The number of carbonyl (C=O) groups is 3. The zero-order valence-corrected chi connectivity index (χ0v) is 19.2. The number of methoxy groups -OCH3 is 2. The standard InChI is InChI=1S/C24H26N2O5S/c1-30-20-12-15-8-10-25(14-16(15)13-21(20)31-2)24(29)19(9-11-32-3)26-22(27)17-6-4-5-7-18(17)23(26)28/h4-7,12-13,19H,8-11,14H2,1-3H3/t19-/m0/s1. The van der Waals surface area contributed by atoms with Gasteiger partial charge in [0.1, 0.15) is 6.04 Å². The Hall–Kier alpha value is -3.00. The lowest BCUT2D eigenvalue weighted by molar-refractivity contribution is -0.136. The minimum Gasteiger partial charge on any atom is -0.493 e. The molecule has 0 bridgehead atoms. The number of hydrogen-bond acceptors (Lipinski definition) is 6. The molecule has 0 saturated carbocycles. The number of nitrogens with zero attached hydrogens (tertiary/aromatic N) is 2. The van der Waals surface area contributed by atoms with E-state index in [9.17, 15) is 14.4 Å². The number of fused-ring (bicyclic) bond motifs is 2. The maximum absolute atomic E-state index is 13.6. The van der Waals surface area contributed by atoms with Gasteiger partial charge in [0.25, 0.3) is 11.8 Å². The van der Waals surface area contributed by atoms with Crippen LogP contribution in [-0.4, -0.2) is 66.3 Å². The van der Waals surface area contributed by atoms with Gasteiger partial charge in [0, 0.05) is 13.1 Å². The highest BCUT2D eigenvalue weighted by atomic mass is 32.2. The van der Waals surface area contributed by atoms with E-state index in [0.29, 0.717) is 54.3 Å². The van der Waals surface area contributed by atoms with Gasteiger partial charge >= 0.3 is 0 Å². The Labute approximate surface area is 191 Å². The van der Waals surface area contributed by atoms with Crippen LogP contribution in [0.5, 0.6) is 11.5 Å². The van der Waals surface area contributed by atoms with Gasteiger partial charge in [-0.3, -0.25) is 19.3 Å². The van der Waals surface area contributed by atoms with Crippen LogP contribution < -0.4 is 9.47 Å². The molecule has 32 heavy (non-hydrogen) atoms. The van der Waals surface area contributed by atoms with Crippen LogP contribution in [-0.2, 0) is 17.8 Å². The monoisotopic (exact) mass is 454 g/mol. The van der Waals surface area contributed by atoms with Crippen LogP contribution in [0.15, 0.2) is 36.4 Å². The summed E-state index contributed by atoms with van der Waals surface area (Å²) < 4.78 is 10.8. The van der Waals surface area contributed by atoms with E-state index in [4.69, 9.17) is 9.47 Å². The molecule has 0 fully saturated rings. The number of ether oxygens (including phenoxy) is 2. The summed E-state index contributed by atoms with van der Waals surface area (Å²) in [6, 6.07) is 9.77. The molecule has 0 radical (unpaired) electrons. The number of benzene rings is 2. The molecular weight excluding hydrogens is 428 g/mol. The average Bonchev–Trinajstić information content (AvgIpc) is 3.08. The molecule has 0 spiro atoms. The number of thioether (sulfide) groups is 1. The Balaban J connectivity index is 1.61. The summed E-state index contributed by atoms with van der Waals surface area (Å²) in [5.74, 6) is 0.950. The highest BCUT2D eigenvalue weighted by Gasteiger charge is 2.43. The van der Waals surface area contributed by atoms with E-state index in [1.54, 1.807) is 55.1 Å². The van der Waals surface area contributed by atoms with Crippen molar-refractivity contribution in [2.24, 2.45) is 0 Å². The van der Waals surface area contributed by atoms with Gasteiger partial charge in [-0.25, -0.2) is 0 Å². The third kappa shape index (κ3) is 3.83. The van der Waals surface area contributed by atoms with Crippen LogP contribution in [0.4, 0.5) is 0 Å². The molecule has 0 aliphatic carbocycles. The fraction of sp³-hybridized carbons (Fsp3) is 0.375. The Morgan fingerprint density at radius 2 is 1.62 bits per heavy atom. The van der Waals surface area contributed by atoms with Gasteiger partial charge in [0.2, 0.25) is 5.91 Å². The van der Waals surface area contributed by atoms with Gasteiger partial charge in [-0.15, -0.1) is 0 Å². The van der Waals surface area contributed by atoms with Crippen LogP contribution in [0.1, 0.15) is 38.3 Å². The van der Waals surface area contributed by atoms with Crippen LogP contribution in [0.2, 0.25) is 0 Å². The molecule has 0 aromatic heterocycles. The first-order valence-corrected chi connectivity index (χ1v) is 11.9. The molecule has 0 N–H and O–H groups in total. The highest BCUT2D eigenvalue weighted by Crippen LogP contribution is 2.34. The Morgan fingerprint density at radius 3 is 2.19 bits per heavy atom. The number of hydrogen-bond donors (Lipinski definition) is 0. The molecule has 0 saturated heterocycles. The van der Waals surface area contributed by atoms with Crippen molar-refractivity contribution >= 4 is 29.5 Å². The number of carbonyl (C=O) groups excluding carboxylic acids is 3. The molecule has 4 rings (SSSR count). The molecule has 1 atom stereocenters. The van der Waals surface area contributed by atoms with Gasteiger partial charge < -0.3 is 14.4 Å². The number of imide groups is 1. The van der Waals surface area contributed by atoms with Gasteiger partial charge in [-0.1, -0.05) is 12.1 Å². The van der Waals surface area contributed by atoms with E-state index < -0.39 is 17.9 Å². The van der Waals surface area contributed by atoms with E-state index in [0.717, 1.165) is 16.0 Å². The number of amides is 3. The summed E-state index contributed by atoms with van der Waals surface area (Å²) in [6.45, 7) is 0.910. The second kappa shape index (κ2) is 9.24. The quantitative estimate of drug-likeness (QED) is 0.599. The third-order valence-corrected chi connectivity index (χ3v) is 6.69. The zero-order valence-electron chi connectivity index (χ0n) is 18.4. The normalized spacial score (nSPS) is 16.0. The van der Waals surface area contributed by atoms with Crippen LogP contribution in [0.25, 0.3) is 0 Å². The molecule has 2 aromatic carbocycles. The van der Waals surface area contributed by atoms with E-state index in [1.165, 1.54) is 0 Å². The predicted octanol–water partition coefficient (Wildman–Crippen LogP) is 3.01. The summed E-state index contributed by atoms with van der Waals surface area (Å²) in [7, 11) is 3.18. The second-order valence-corrected chi connectivity index (χ2v) is 8.79. The fourth-order valence-corrected chi connectivity index (χ4v) is 4.82. The molecule has 0 unspecified atom stereocenters. The average molecular weight is 455 g/mol. The van der Waals surface area contributed by atoms with Crippen molar-refractivity contribution in [3.8, 4) is 11.5 Å². The summed E-state index contributed by atoms with van der Waals surface area (Å²) in [5, 5.41) is 0. The van der Waals surface area contributed by atoms with Crippen molar-refractivity contribution in [3.63, 3.8) is 0 Å². The SMILES string of the molecule is COc1cc2c(cc1OC)CN(C(=O)[C@H](CCSC)N1C(=O)c3ccccc3C1=O)CC2. The van der Waals surface area contributed by atoms with Crippen LogP contribution in [0, 0.1) is 0 Å². The summed E-state index contributed by atoms with van der Waals surface area (Å²) >= 11 is 1.59. The fourth-order valence-electron chi connectivity index (χ4n) is 4.37. The van der Waals surface area contributed by atoms with Crippen molar-refractivity contribution in [1.29, 1.82) is 0 Å². The highest BCUT2D eigenvalue weighted by molar-refractivity contribution is 7.98. The van der Waals surface area contributed by atoms with Gasteiger partial charge in [0.15, 0.2) is 11.5 Å². The van der Waals surface area contributed by atoms with Gasteiger partial charge in [0.05, 0.1) is 25.3 Å². The maximum Gasteiger partial charge on any atom is 0.262 e. The molecule has 2 aromatic rings. The molecule has 2 aliphatic heterocycles. The minimum atomic E-state index is -0.823. The minimum absolute atomic E-state index is 0.200. The summed E-state index contributed by atoms with van der Waals surface area (Å²) in [5.41, 5.74) is 2.81. The van der Waals surface area contributed by atoms with Crippen molar-refractivity contribution in [3.05, 3.63) is 58.7 Å². The van der Waals surface area contributed by atoms with Gasteiger partial charge in [-0.2, -0.15) is 11.8 Å². The van der Waals surface area contributed by atoms with Crippen molar-refractivity contribution in [2.45, 2.75) is 25.4 Å². The largest absolute Gasteiger partial charge is 0.493 e. The number of rotatable bonds is 7.